The number of rotatable bonds is 4. The van der Waals surface area contributed by atoms with Crippen molar-refractivity contribution < 1.29 is 9.13 Å². The Kier molecular flexibility index (Phi) is 3.47. The van der Waals surface area contributed by atoms with Gasteiger partial charge in [0.25, 0.3) is 0 Å². The Hall–Kier alpha value is -2.45. The number of nitriles is 1. The first-order valence-corrected chi connectivity index (χ1v) is 7.75. The topological polar surface area (TPSA) is 57.9 Å². The molecule has 2 heterocycles. The van der Waals surface area contributed by atoms with Gasteiger partial charge in [-0.3, -0.25) is 0 Å². The van der Waals surface area contributed by atoms with E-state index in [0.29, 0.717) is 34.8 Å². The van der Waals surface area contributed by atoms with E-state index in [4.69, 9.17) is 10.00 Å². The summed E-state index contributed by atoms with van der Waals surface area (Å²) in [6.45, 7) is 2.24. The minimum atomic E-state index is -0.428. The Balaban J connectivity index is 1.44. The minimum absolute atomic E-state index is 0.104. The predicted octanol–water partition coefficient (Wildman–Crippen LogP) is 2.60. The number of benzene rings is 1. The summed E-state index contributed by atoms with van der Waals surface area (Å²) in [7, 11) is 0. The van der Waals surface area contributed by atoms with Crippen molar-refractivity contribution in [3.05, 3.63) is 59.0 Å². The highest BCUT2D eigenvalue weighted by Crippen LogP contribution is 2.55. The average molecular weight is 309 g/mol. The van der Waals surface area contributed by atoms with Crippen molar-refractivity contribution in [1.29, 1.82) is 5.26 Å². The van der Waals surface area contributed by atoms with Crippen molar-refractivity contribution >= 4 is 0 Å². The van der Waals surface area contributed by atoms with Crippen LogP contribution in [0.5, 0.6) is 5.88 Å². The molecule has 2 fully saturated rings. The highest BCUT2D eigenvalue weighted by atomic mass is 19.1. The van der Waals surface area contributed by atoms with Gasteiger partial charge in [-0.05, 0) is 43.1 Å². The lowest BCUT2D eigenvalue weighted by molar-refractivity contribution is 0.287. The zero-order chi connectivity index (χ0) is 15.8. The molecular weight excluding hydrogens is 293 g/mol. The molecule has 1 aliphatic heterocycles. The SMILES string of the molecule is N#Cc1ccc(COc2cccc(C3C4CNCC43)n2)c(F)c1. The fourth-order valence-electron chi connectivity index (χ4n) is 3.44. The van der Waals surface area contributed by atoms with Gasteiger partial charge in [0.2, 0.25) is 5.88 Å². The average Bonchev–Trinajstić information content (AvgIpc) is 3.06. The van der Waals surface area contributed by atoms with Crippen LogP contribution in [0.4, 0.5) is 4.39 Å². The molecule has 2 aliphatic rings. The van der Waals surface area contributed by atoms with Crippen LogP contribution < -0.4 is 10.1 Å². The summed E-state index contributed by atoms with van der Waals surface area (Å²) >= 11 is 0. The van der Waals surface area contributed by atoms with E-state index < -0.39 is 5.82 Å². The maximum absolute atomic E-state index is 13.9. The molecule has 1 N–H and O–H groups in total. The number of fused-ring (bicyclic) bond motifs is 1. The molecule has 4 rings (SSSR count). The van der Waals surface area contributed by atoms with Gasteiger partial charge < -0.3 is 10.1 Å². The first kappa shape index (κ1) is 14.2. The number of pyridine rings is 1. The summed E-state index contributed by atoms with van der Waals surface area (Å²) in [6, 6.07) is 12.1. The van der Waals surface area contributed by atoms with E-state index in [0.717, 1.165) is 18.8 Å². The summed E-state index contributed by atoms with van der Waals surface area (Å²) in [4.78, 5) is 4.57. The van der Waals surface area contributed by atoms with Crippen LogP contribution in [0.15, 0.2) is 36.4 Å². The molecule has 0 bridgehead atoms. The van der Waals surface area contributed by atoms with Crippen molar-refractivity contribution in [3.63, 3.8) is 0 Å². The van der Waals surface area contributed by atoms with Crippen LogP contribution in [0.3, 0.4) is 0 Å². The second kappa shape index (κ2) is 5.64. The largest absolute Gasteiger partial charge is 0.473 e. The lowest BCUT2D eigenvalue weighted by Gasteiger charge is -2.09. The monoisotopic (exact) mass is 309 g/mol. The predicted molar refractivity (Wildman–Crippen MR) is 82.3 cm³/mol. The van der Waals surface area contributed by atoms with Crippen LogP contribution in [-0.4, -0.2) is 18.1 Å². The second-order valence-electron chi connectivity index (χ2n) is 6.12. The maximum Gasteiger partial charge on any atom is 0.213 e. The lowest BCUT2D eigenvalue weighted by Crippen LogP contribution is -2.14. The van der Waals surface area contributed by atoms with E-state index in [1.807, 2.05) is 18.2 Å². The van der Waals surface area contributed by atoms with Gasteiger partial charge in [-0.1, -0.05) is 12.1 Å². The van der Waals surface area contributed by atoms with E-state index in [-0.39, 0.29) is 6.61 Å². The Morgan fingerprint density at radius 3 is 2.83 bits per heavy atom. The van der Waals surface area contributed by atoms with Gasteiger partial charge in [0, 0.05) is 23.2 Å². The first-order valence-electron chi connectivity index (χ1n) is 7.75. The Labute approximate surface area is 133 Å². The molecule has 2 atom stereocenters. The summed E-state index contributed by atoms with van der Waals surface area (Å²) in [5.41, 5.74) is 1.79. The highest BCUT2D eigenvalue weighted by molar-refractivity contribution is 5.33. The third-order valence-corrected chi connectivity index (χ3v) is 4.74. The van der Waals surface area contributed by atoms with E-state index in [9.17, 15) is 4.39 Å². The molecule has 1 saturated heterocycles. The Bertz CT molecular complexity index is 776. The Morgan fingerprint density at radius 2 is 2.09 bits per heavy atom. The van der Waals surface area contributed by atoms with E-state index in [1.54, 1.807) is 18.2 Å². The van der Waals surface area contributed by atoms with Gasteiger partial charge in [0.05, 0.1) is 11.6 Å². The fourth-order valence-corrected chi connectivity index (χ4v) is 3.44. The van der Waals surface area contributed by atoms with Crippen LogP contribution in [0, 0.1) is 29.0 Å². The molecule has 0 radical (unpaired) electrons. The fraction of sp³-hybridized carbons (Fsp3) is 0.333. The number of halogens is 1. The molecular formula is C18H16FN3O. The van der Waals surface area contributed by atoms with Crippen LogP contribution >= 0.6 is 0 Å². The number of hydrogen-bond donors (Lipinski definition) is 1. The minimum Gasteiger partial charge on any atom is -0.473 e. The van der Waals surface area contributed by atoms with Crippen LogP contribution in [0.1, 0.15) is 22.7 Å². The number of ether oxygens (including phenoxy) is 1. The lowest BCUT2D eigenvalue weighted by atomic mass is 10.1. The molecule has 5 heteroatoms. The van der Waals surface area contributed by atoms with Gasteiger partial charge in [0.1, 0.15) is 12.4 Å². The number of piperidine rings is 1. The van der Waals surface area contributed by atoms with Gasteiger partial charge in [-0.2, -0.15) is 5.26 Å². The molecule has 1 saturated carbocycles. The van der Waals surface area contributed by atoms with Gasteiger partial charge in [-0.15, -0.1) is 0 Å². The maximum atomic E-state index is 13.9. The molecule has 1 aromatic carbocycles. The van der Waals surface area contributed by atoms with Gasteiger partial charge in [0.15, 0.2) is 0 Å². The van der Waals surface area contributed by atoms with Gasteiger partial charge in [-0.25, -0.2) is 9.37 Å². The standard InChI is InChI=1S/C18H16FN3O/c19-15-6-11(7-20)4-5-12(15)10-23-17-3-1-2-16(22-17)18-13-8-21-9-14(13)18/h1-6,13-14,18,21H,8-10H2. The molecule has 4 nitrogen and oxygen atoms in total. The third-order valence-electron chi connectivity index (χ3n) is 4.74. The molecule has 116 valence electrons. The zero-order valence-electron chi connectivity index (χ0n) is 12.5. The second-order valence-corrected chi connectivity index (χ2v) is 6.12. The molecule has 0 spiro atoms. The first-order chi connectivity index (χ1) is 11.3. The highest BCUT2D eigenvalue weighted by Gasteiger charge is 2.54. The number of aromatic nitrogens is 1. The molecule has 2 aromatic rings. The molecule has 0 amide bonds. The normalized spacial score (nSPS) is 24.8. The van der Waals surface area contributed by atoms with Crippen LogP contribution in [-0.2, 0) is 6.61 Å². The van der Waals surface area contributed by atoms with Crippen molar-refractivity contribution in [2.75, 3.05) is 13.1 Å². The van der Waals surface area contributed by atoms with Crippen molar-refractivity contribution in [1.82, 2.24) is 10.3 Å². The van der Waals surface area contributed by atoms with Crippen molar-refractivity contribution in [3.8, 4) is 11.9 Å². The smallest absolute Gasteiger partial charge is 0.213 e. The summed E-state index contributed by atoms with van der Waals surface area (Å²) in [5, 5.41) is 12.1. The van der Waals surface area contributed by atoms with E-state index in [1.165, 1.54) is 6.07 Å². The van der Waals surface area contributed by atoms with Crippen LogP contribution in [0.2, 0.25) is 0 Å². The van der Waals surface area contributed by atoms with Crippen molar-refractivity contribution in [2.45, 2.75) is 12.5 Å². The number of hydrogen-bond acceptors (Lipinski definition) is 4. The zero-order valence-corrected chi connectivity index (χ0v) is 12.5. The van der Waals surface area contributed by atoms with E-state index in [2.05, 4.69) is 10.3 Å². The van der Waals surface area contributed by atoms with Crippen LogP contribution in [0.25, 0.3) is 0 Å². The molecule has 1 aromatic heterocycles. The molecule has 1 aliphatic carbocycles. The summed E-state index contributed by atoms with van der Waals surface area (Å²) < 4.78 is 19.5. The number of nitrogens with zero attached hydrogens (tertiary/aromatic N) is 2. The van der Waals surface area contributed by atoms with Gasteiger partial charge >= 0.3 is 0 Å². The molecule has 23 heavy (non-hydrogen) atoms. The van der Waals surface area contributed by atoms with E-state index >= 15 is 0 Å². The number of nitrogens with one attached hydrogen (secondary N) is 1. The summed E-state index contributed by atoms with van der Waals surface area (Å²) in [6.07, 6.45) is 0. The third kappa shape index (κ3) is 2.66. The quantitative estimate of drug-likeness (QED) is 0.943. The molecule has 2 unspecified atom stereocenters. The van der Waals surface area contributed by atoms with Crippen molar-refractivity contribution in [2.24, 2.45) is 11.8 Å². The Morgan fingerprint density at radius 1 is 1.26 bits per heavy atom. The summed E-state index contributed by atoms with van der Waals surface area (Å²) in [5.74, 6) is 2.03.